The Bertz CT molecular complexity index is 354. The average Bonchev–Trinajstić information content (AvgIpc) is 2.28. The van der Waals surface area contributed by atoms with Crippen LogP contribution in [-0.2, 0) is 0 Å². The molecule has 2 heteroatoms. The van der Waals surface area contributed by atoms with E-state index in [1.165, 1.54) is 22.4 Å². The van der Waals surface area contributed by atoms with Crippen molar-refractivity contribution in [2.75, 3.05) is 18.9 Å². The molecule has 0 aromatic heterocycles. The van der Waals surface area contributed by atoms with Gasteiger partial charge in [0.2, 0.25) is 0 Å². The van der Waals surface area contributed by atoms with Crippen LogP contribution in [0, 0.1) is 6.92 Å². The SMILES string of the molecule is CCN.CNc1c(C(C)C)ccc(C)c1C(C)C. The van der Waals surface area contributed by atoms with E-state index in [1.807, 2.05) is 14.0 Å². The predicted molar refractivity (Wildman–Crippen MR) is 83.6 cm³/mol. The van der Waals surface area contributed by atoms with Gasteiger partial charge in [-0.2, -0.15) is 0 Å². The van der Waals surface area contributed by atoms with Crippen LogP contribution in [0.25, 0.3) is 0 Å². The number of hydrogen-bond acceptors (Lipinski definition) is 2. The van der Waals surface area contributed by atoms with Crippen molar-refractivity contribution >= 4 is 5.69 Å². The Morgan fingerprint density at radius 3 is 1.94 bits per heavy atom. The van der Waals surface area contributed by atoms with Gasteiger partial charge in [-0.25, -0.2) is 0 Å². The van der Waals surface area contributed by atoms with Gasteiger partial charge in [0.05, 0.1) is 0 Å². The molecule has 1 aromatic rings. The molecule has 0 saturated carbocycles. The van der Waals surface area contributed by atoms with Crippen molar-refractivity contribution in [3.63, 3.8) is 0 Å². The topological polar surface area (TPSA) is 38.0 Å². The molecule has 1 aromatic carbocycles. The summed E-state index contributed by atoms with van der Waals surface area (Å²) in [7, 11) is 2.02. The molecular formula is C16H30N2. The molecule has 0 heterocycles. The summed E-state index contributed by atoms with van der Waals surface area (Å²) in [5, 5.41) is 3.37. The predicted octanol–water partition coefficient (Wildman–Crippen LogP) is 4.25. The summed E-state index contributed by atoms with van der Waals surface area (Å²) in [4.78, 5) is 0. The van der Waals surface area contributed by atoms with E-state index in [0.717, 1.165) is 6.54 Å². The van der Waals surface area contributed by atoms with Gasteiger partial charge >= 0.3 is 0 Å². The lowest BCUT2D eigenvalue weighted by atomic mass is 9.89. The number of nitrogens with two attached hydrogens (primary N) is 1. The van der Waals surface area contributed by atoms with E-state index in [1.54, 1.807) is 0 Å². The Morgan fingerprint density at radius 1 is 1.11 bits per heavy atom. The number of benzene rings is 1. The first-order valence-corrected chi connectivity index (χ1v) is 6.91. The van der Waals surface area contributed by atoms with Crippen LogP contribution in [-0.4, -0.2) is 13.6 Å². The fraction of sp³-hybridized carbons (Fsp3) is 0.625. The van der Waals surface area contributed by atoms with Crippen molar-refractivity contribution in [2.45, 2.75) is 53.4 Å². The van der Waals surface area contributed by atoms with Crippen molar-refractivity contribution in [2.24, 2.45) is 5.73 Å². The summed E-state index contributed by atoms with van der Waals surface area (Å²) < 4.78 is 0. The fourth-order valence-corrected chi connectivity index (χ4v) is 2.24. The van der Waals surface area contributed by atoms with Crippen LogP contribution >= 0.6 is 0 Å². The molecule has 1 rings (SSSR count). The van der Waals surface area contributed by atoms with Crippen LogP contribution in [0.2, 0.25) is 0 Å². The van der Waals surface area contributed by atoms with Crippen molar-refractivity contribution in [1.29, 1.82) is 0 Å². The van der Waals surface area contributed by atoms with Crippen LogP contribution in [0.3, 0.4) is 0 Å². The van der Waals surface area contributed by atoms with E-state index in [4.69, 9.17) is 5.73 Å². The molecule has 0 aliphatic rings. The zero-order valence-corrected chi connectivity index (χ0v) is 13.1. The molecule has 0 saturated heterocycles. The highest BCUT2D eigenvalue weighted by Gasteiger charge is 2.14. The molecule has 0 radical (unpaired) electrons. The number of nitrogens with one attached hydrogen (secondary N) is 1. The van der Waals surface area contributed by atoms with Gasteiger partial charge in [-0.15, -0.1) is 0 Å². The second-order valence-corrected chi connectivity index (χ2v) is 5.23. The van der Waals surface area contributed by atoms with Crippen LogP contribution in [0.4, 0.5) is 5.69 Å². The largest absolute Gasteiger partial charge is 0.388 e. The maximum Gasteiger partial charge on any atom is 0.0410 e. The molecule has 0 spiro atoms. The van der Waals surface area contributed by atoms with Crippen LogP contribution < -0.4 is 11.1 Å². The standard InChI is InChI=1S/C14H23N.C2H7N/c1-9(2)12-8-7-11(5)13(10(3)4)14(12)15-6;1-2-3/h7-10,15H,1-6H3;2-3H2,1H3. The third kappa shape index (κ3) is 4.34. The molecule has 104 valence electrons. The molecule has 0 bridgehead atoms. The minimum absolute atomic E-state index is 0.575. The Kier molecular flexibility index (Phi) is 7.69. The van der Waals surface area contributed by atoms with E-state index in [-0.39, 0.29) is 0 Å². The Hall–Kier alpha value is -1.02. The van der Waals surface area contributed by atoms with Gasteiger partial charge in [0, 0.05) is 12.7 Å². The Labute approximate surface area is 113 Å². The minimum Gasteiger partial charge on any atom is -0.388 e. The molecular weight excluding hydrogens is 220 g/mol. The zero-order valence-electron chi connectivity index (χ0n) is 13.1. The Morgan fingerprint density at radius 2 is 1.61 bits per heavy atom. The second kappa shape index (κ2) is 8.15. The molecule has 3 N–H and O–H groups in total. The first-order chi connectivity index (χ1) is 8.40. The maximum absolute atomic E-state index is 4.85. The summed E-state index contributed by atoms with van der Waals surface area (Å²) in [5.41, 5.74) is 10.5. The fourth-order valence-electron chi connectivity index (χ4n) is 2.24. The quantitative estimate of drug-likeness (QED) is 0.841. The van der Waals surface area contributed by atoms with Crippen molar-refractivity contribution in [1.82, 2.24) is 0 Å². The molecule has 0 unspecified atom stereocenters. The summed E-state index contributed by atoms with van der Waals surface area (Å²) in [5.74, 6) is 1.15. The molecule has 0 aliphatic carbocycles. The van der Waals surface area contributed by atoms with Crippen molar-refractivity contribution in [3.8, 4) is 0 Å². The van der Waals surface area contributed by atoms with Gasteiger partial charge in [0.15, 0.2) is 0 Å². The van der Waals surface area contributed by atoms with Crippen LogP contribution in [0.1, 0.15) is 63.1 Å². The van der Waals surface area contributed by atoms with Gasteiger partial charge < -0.3 is 11.1 Å². The minimum atomic E-state index is 0.575. The zero-order chi connectivity index (χ0) is 14.3. The van der Waals surface area contributed by atoms with Gasteiger partial charge in [-0.05, 0) is 42.0 Å². The number of aryl methyl sites for hydroxylation is 1. The van der Waals surface area contributed by atoms with E-state index in [2.05, 4.69) is 52.1 Å². The molecule has 18 heavy (non-hydrogen) atoms. The summed E-state index contributed by atoms with van der Waals surface area (Å²) in [6.07, 6.45) is 0. The van der Waals surface area contributed by atoms with Gasteiger partial charge in [-0.1, -0.05) is 46.8 Å². The summed E-state index contributed by atoms with van der Waals surface area (Å²) >= 11 is 0. The average molecular weight is 250 g/mol. The van der Waals surface area contributed by atoms with E-state index < -0.39 is 0 Å². The highest BCUT2D eigenvalue weighted by atomic mass is 14.8. The molecule has 0 atom stereocenters. The molecule has 2 nitrogen and oxygen atoms in total. The molecule has 0 fully saturated rings. The number of hydrogen-bond donors (Lipinski definition) is 2. The third-order valence-corrected chi connectivity index (χ3v) is 2.95. The van der Waals surface area contributed by atoms with E-state index >= 15 is 0 Å². The lowest BCUT2D eigenvalue weighted by molar-refractivity contribution is 0.830. The first kappa shape index (κ1) is 17.0. The smallest absolute Gasteiger partial charge is 0.0410 e. The van der Waals surface area contributed by atoms with Gasteiger partial charge in [-0.3, -0.25) is 0 Å². The van der Waals surface area contributed by atoms with Gasteiger partial charge in [0.25, 0.3) is 0 Å². The first-order valence-electron chi connectivity index (χ1n) is 6.91. The molecule has 0 amide bonds. The van der Waals surface area contributed by atoms with Crippen molar-refractivity contribution in [3.05, 3.63) is 28.8 Å². The lowest BCUT2D eigenvalue weighted by Crippen LogP contribution is -2.05. The highest BCUT2D eigenvalue weighted by molar-refractivity contribution is 5.62. The summed E-state index contributed by atoms with van der Waals surface area (Å²) in [6.45, 7) is 13.9. The second-order valence-electron chi connectivity index (χ2n) is 5.23. The Balaban J connectivity index is 0.000000873. The van der Waals surface area contributed by atoms with Gasteiger partial charge in [0.1, 0.15) is 0 Å². The van der Waals surface area contributed by atoms with Crippen LogP contribution in [0.5, 0.6) is 0 Å². The molecule has 0 aliphatic heterocycles. The van der Waals surface area contributed by atoms with Crippen molar-refractivity contribution < 1.29 is 0 Å². The van der Waals surface area contributed by atoms with E-state index in [0.29, 0.717) is 11.8 Å². The normalized spacial score (nSPS) is 10.3. The number of anilines is 1. The lowest BCUT2D eigenvalue weighted by Gasteiger charge is -2.21. The van der Waals surface area contributed by atoms with E-state index in [9.17, 15) is 0 Å². The summed E-state index contributed by atoms with van der Waals surface area (Å²) in [6, 6.07) is 4.49. The third-order valence-electron chi connectivity index (χ3n) is 2.95. The maximum atomic E-state index is 4.85. The highest BCUT2D eigenvalue weighted by Crippen LogP contribution is 2.34. The monoisotopic (exact) mass is 250 g/mol. The van der Waals surface area contributed by atoms with Crippen LogP contribution in [0.15, 0.2) is 12.1 Å². The number of rotatable bonds is 3.